The molecule has 1 aliphatic rings. The van der Waals surface area contributed by atoms with Gasteiger partial charge < -0.3 is 9.88 Å². The number of rotatable bonds is 5. The number of para-hydroxylation sites is 1. The van der Waals surface area contributed by atoms with Gasteiger partial charge >= 0.3 is 0 Å². The van der Waals surface area contributed by atoms with Gasteiger partial charge in [-0.15, -0.1) is 11.8 Å². The molecule has 31 heavy (non-hydrogen) atoms. The van der Waals surface area contributed by atoms with Crippen LogP contribution in [0.4, 0.5) is 5.69 Å². The molecule has 8 heteroatoms. The maximum Gasteiger partial charge on any atom is 0.258 e. The number of fused-ring (bicyclic) bond motifs is 2. The maximum absolute atomic E-state index is 13.3. The fourth-order valence-electron chi connectivity index (χ4n) is 3.75. The van der Waals surface area contributed by atoms with Gasteiger partial charge in [-0.1, -0.05) is 37.6 Å². The van der Waals surface area contributed by atoms with Crippen molar-refractivity contribution in [3.05, 3.63) is 63.7 Å². The van der Waals surface area contributed by atoms with Gasteiger partial charge in [-0.25, -0.2) is 4.98 Å². The second-order valence-electron chi connectivity index (χ2n) is 7.71. The molecule has 1 amide bonds. The summed E-state index contributed by atoms with van der Waals surface area (Å²) in [6.07, 6.45) is 0.942. The number of nitrogens with zero attached hydrogens (tertiary/aromatic N) is 3. The first-order valence-electron chi connectivity index (χ1n) is 10.4. The molecule has 4 rings (SSSR count). The lowest BCUT2D eigenvalue weighted by Crippen LogP contribution is -2.41. The highest BCUT2D eigenvalue weighted by Gasteiger charge is 2.25. The summed E-state index contributed by atoms with van der Waals surface area (Å²) in [6, 6.07) is 13.1. The number of anilines is 1. The van der Waals surface area contributed by atoms with Gasteiger partial charge in [0, 0.05) is 21.7 Å². The lowest BCUT2D eigenvalue weighted by atomic mass is 10.2. The smallest absolute Gasteiger partial charge is 0.258 e. The number of H-pyrrole nitrogens is 1. The van der Waals surface area contributed by atoms with Crippen molar-refractivity contribution in [2.24, 2.45) is 0 Å². The van der Waals surface area contributed by atoms with Crippen molar-refractivity contribution in [1.29, 1.82) is 0 Å². The lowest BCUT2D eigenvalue weighted by Gasteiger charge is -2.26. The molecular formula is C23H25ClN4O2S. The van der Waals surface area contributed by atoms with Crippen LogP contribution in [-0.4, -0.2) is 45.7 Å². The first kappa shape index (κ1) is 21.9. The quantitative estimate of drug-likeness (QED) is 0.619. The minimum Gasteiger partial charge on any atom is -0.310 e. The first-order valence-corrected chi connectivity index (χ1v) is 11.7. The van der Waals surface area contributed by atoms with Gasteiger partial charge in [-0.05, 0) is 43.3 Å². The van der Waals surface area contributed by atoms with Crippen LogP contribution in [0.3, 0.4) is 0 Å². The third-order valence-electron chi connectivity index (χ3n) is 5.44. The standard InChI is InChI=1S/C23H25ClN4O2S/c1-3-27(13-21-25-18-12-16(24)8-9-17(18)23(30)26-21)14-22(29)28-11-10-15(2)31-20-7-5-4-6-19(20)28/h4-9,12,15H,3,10-11,13-14H2,1-2H3,(H,25,26,30)/t15-/m1/s1. The molecule has 0 spiro atoms. The Balaban J connectivity index is 1.54. The van der Waals surface area contributed by atoms with Crippen molar-refractivity contribution in [3.8, 4) is 0 Å². The molecule has 0 aliphatic carbocycles. The van der Waals surface area contributed by atoms with Crippen LogP contribution in [0.5, 0.6) is 0 Å². The molecule has 0 fully saturated rings. The van der Waals surface area contributed by atoms with Crippen LogP contribution < -0.4 is 10.5 Å². The Morgan fingerprint density at radius 3 is 2.94 bits per heavy atom. The summed E-state index contributed by atoms with van der Waals surface area (Å²) in [6.45, 7) is 6.18. The fraction of sp³-hybridized carbons (Fsp3) is 0.348. The maximum atomic E-state index is 13.3. The molecule has 1 N–H and O–H groups in total. The van der Waals surface area contributed by atoms with Crippen LogP contribution in [0.15, 0.2) is 52.2 Å². The van der Waals surface area contributed by atoms with E-state index in [1.54, 1.807) is 18.2 Å². The topological polar surface area (TPSA) is 69.3 Å². The second kappa shape index (κ2) is 9.42. The number of carbonyl (C=O) groups is 1. The van der Waals surface area contributed by atoms with Crippen LogP contribution in [0.2, 0.25) is 5.02 Å². The van der Waals surface area contributed by atoms with Gasteiger partial charge in [0.05, 0.1) is 29.7 Å². The molecule has 0 saturated carbocycles. The number of likely N-dealkylation sites (N-methyl/N-ethyl adjacent to an activating group) is 1. The molecule has 2 aromatic carbocycles. The van der Waals surface area contributed by atoms with E-state index in [4.69, 9.17) is 11.6 Å². The van der Waals surface area contributed by atoms with E-state index in [9.17, 15) is 9.59 Å². The van der Waals surface area contributed by atoms with Crippen molar-refractivity contribution in [1.82, 2.24) is 14.9 Å². The average Bonchev–Trinajstić information content (AvgIpc) is 2.91. The number of hydrogen-bond acceptors (Lipinski definition) is 5. The molecule has 1 aromatic heterocycles. The summed E-state index contributed by atoms with van der Waals surface area (Å²) in [4.78, 5) is 38.1. The molecule has 1 aliphatic heterocycles. The molecule has 6 nitrogen and oxygen atoms in total. The van der Waals surface area contributed by atoms with Crippen molar-refractivity contribution in [3.63, 3.8) is 0 Å². The Labute approximate surface area is 190 Å². The minimum atomic E-state index is -0.202. The number of thioether (sulfide) groups is 1. The number of aromatic amines is 1. The Kier molecular flexibility index (Phi) is 6.65. The summed E-state index contributed by atoms with van der Waals surface area (Å²) in [5.74, 6) is 0.574. The molecule has 0 unspecified atom stereocenters. The zero-order valence-electron chi connectivity index (χ0n) is 17.6. The van der Waals surface area contributed by atoms with Crippen LogP contribution >= 0.6 is 23.4 Å². The predicted octanol–water partition coefficient (Wildman–Crippen LogP) is 4.32. The fourth-order valence-corrected chi connectivity index (χ4v) is 5.03. The van der Waals surface area contributed by atoms with Gasteiger partial charge in [0.2, 0.25) is 5.91 Å². The summed E-state index contributed by atoms with van der Waals surface area (Å²) in [7, 11) is 0. The van der Waals surface area contributed by atoms with Gasteiger partial charge in [0.25, 0.3) is 5.56 Å². The van der Waals surface area contributed by atoms with Gasteiger partial charge in [0.15, 0.2) is 0 Å². The van der Waals surface area contributed by atoms with Crippen molar-refractivity contribution in [2.75, 3.05) is 24.5 Å². The van der Waals surface area contributed by atoms with Crippen LogP contribution in [0.1, 0.15) is 26.1 Å². The molecular weight excluding hydrogens is 432 g/mol. The van der Waals surface area contributed by atoms with Crippen LogP contribution in [0, 0.1) is 0 Å². The number of amides is 1. The Bertz CT molecular complexity index is 1170. The highest BCUT2D eigenvalue weighted by atomic mass is 35.5. The van der Waals surface area contributed by atoms with E-state index in [0.717, 1.165) is 17.0 Å². The summed E-state index contributed by atoms with van der Waals surface area (Å²) < 4.78 is 0. The van der Waals surface area contributed by atoms with E-state index in [-0.39, 0.29) is 18.0 Å². The lowest BCUT2D eigenvalue weighted by molar-refractivity contribution is -0.119. The number of aromatic nitrogens is 2. The Hall–Kier alpha value is -2.35. The van der Waals surface area contributed by atoms with Gasteiger partial charge in [0.1, 0.15) is 5.82 Å². The van der Waals surface area contributed by atoms with E-state index in [0.29, 0.717) is 46.6 Å². The molecule has 0 saturated heterocycles. The van der Waals surface area contributed by atoms with E-state index in [2.05, 4.69) is 23.0 Å². The van der Waals surface area contributed by atoms with E-state index in [1.807, 2.05) is 46.7 Å². The third kappa shape index (κ3) is 4.95. The molecule has 3 aromatic rings. The number of nitrogens with one attached hydrogen (secondary N) is 1. The van der Waals surface area contributed by atoms with E-state index < -0.39 is 0 Å². The summed E-state index contributed by atoms with van der Waals surface area (Å²) in [5, 5.41) is 1.49. The Morgan fingerprint density at radius 2 is 2.13 bits per heavy atom. The number of benzene rings is 2. The van der Waals surface area contributed by atoms with Crippen LogP contribution in [-0.2, 0) is 11.3 Å². The van der Waals surface area contributed by atoms with Gasteiger partial charge in [-0.3, -0.25) is 14.5 Å². The summed E-state index contributed by atoms with van der Waals surface area (Å²) in [5.41, 5.74) is 1.33. The number of hydrogen-bond donors (Lipinski definition) is 1. The first-order chi connectivity index (χ1) is 14.9. The molecule has 1 atom stereocenters. The highest BCUT2D eigenvalue weighted by molar-refractivity contribution is 8.00. The minimum absolute atomic E-state index is 0.0511. The normalized spacial score (nSPS) is 16.4. The zero-order chi connectivity index (χ0) is 22.0. The largest absolute Gasteiger partial charge is 0.310 e. The van der Waals surface area contributed by atoms with Crippen molar-refractivity contribution < 1.29 is 4.79 Å². The zero-order valence-corrected chi connectivity index (χ0v) is 19.2. The molecule has 0 bridgehead atoms. The van der Waals surface area contributed by atoms with E-state index >= 15 is 0 Å². The summed E-state index contributed by atoms with van der Waals surface area (Å²) >= 11 is 7.88. The highest BCUT2D eigenvalue weighted by Crippen LogP contribution is 2.37. The van der Waals surface area contributed by atoms with Crippen molar-refractivity contribution >= 4 is 45.9 Å². The number of halogens is 1. The predicted molar refractivity (Wildman–Crippen MR) is 127 cm³/mol. The van der Waals surface area contributed by atoms with Crippen molar-refractivity contribution in [2.45, 2.75) is 37.0 Å². The molecule has 162 valence electrons. The average molecular weight is 457 g/mol. The number of carbonyl (C=O) groups excluding carboxylic acids is 1. The SMILES string of the molecule is CCN(CC(=O)N1CC[C@@H](C)Sc2ccccc21)Cc1nc2cc(Cl)ccc2c(=O)[nH]1. The van der Waals surface area contributed by atoms with Crippen LogP contribution in [0.25, 0.3) is 10.9 Å². The second-order valence-corrected chi connectivity index (χ2v) is 9.62. The third-order valence-corrected chi connectivity index (χ3v) is 6.91. The molecule has 0 radical (unpaired) electrons. The van der Waals surface area contributed by atoms with E-state index in [1.165, 1.54) is 0 Å². The van der Waals surface area contributed by atoms with Gasteiger partial charge in [-0.2, -0.15) is 0 Å². The Morgan fingerprint density at radius 1 is 1.32 bits per heavy atom. The monoisotopic (exact) mass is 456 g/mol. The molecule has 2 heterocycles.